The molecule has 0 fully saturated rings. The Morgan fingerprint density at radius 1 is 1.46 bits per heavy atom. The smallest absolute Gasteiger partial charge is 0.102 e. The van der Waals surface area contributed by atoms with Crippen LogP contribution >= 0.6 is 12.4 Å². The van der Waals surface area contributed by atoms with Gasteiger partial charge in [-0.05, 0) is 12.5 Å². The van der Waals surface area contributed by atoms with Crippen molar-refractivity contribution in [2.75, 3.05) is 26.4 Å². The molecule has 13 heavy (non-hydrogen) atoms. The summed E-state index contributed by atoms with van der Waals surface area (Å²) in [4.78, 5) is 2.58. The molecule has 2 N–H and O–H groups in total. The van der Waals surface area contributed by atoms with Crippen molar-refractivity contribution < 1.29 is 9.47 Å². The zero-order valence-corrected chi connectivity index (χ0v) is 8.37. The van der Waals surface area contributed by atoms with Gasteiger partial charge in [0, 0.05) is 11.5 Å². The van der Waals surface area contributed by atoms with Crippen LogP contribution < -0.4 is 5.73 Å². The molecule has 1 unspecified atom stereocenters. The Hall–Kier alpha value is -0.520. The number of halogens is 1. The second kappa shape index (κ2) is 11.5. The normalized spacial score (nSPS) is 11.2. The van der Waals surface area contributed by atoms with Crippen LogP contribution in [0.15, 0.2) is 5.11 Å². The van der Waals surface area contributed by atoms with E-state index in [-0.39, 0.29) is 18.6 Å². The van der Waals surface area contributed by atoms with Crippen molar-refractivity contribution in [1.82, 2.24) is 0 Å². The maximum absolute atomic E-state index is 7.90. The van der Waals surface area contributed by atoms with E-state index in [4.69, 9.17) is 20.7 Å². The number of hydrogen-bond acceptors (Lipinski definition) is 4. The molecular formula is C6H15ClN4O2. The topological polar surface area (TPSA) is 93.2 Å². The Morgan fingerprint density at radius 3 is 2.69 bits per heavy atom. The lowest BCUT2D eigenvalue weighted by molar-refractivity contribution is 0.0169. The Bertz CT molecular complexity index is 150. The van der Waals surface area contributed by atoms with E-state index in [9.17, 15) is 0 Å². The fraction of sp³-hybridized carbons (Fsp3) is 1.00. The van der Waals surface area contributed by atoms with Gasteiger partial charge < -0.3 is 15.2 Å². The van der Waals surface area contributed by atoms with Gasteiger partial charge in [0.1, 0.15) is 6.23 Å². The molecule has 0 radical (unpaired) electrons. The van der Waals surface area contributed by atoms with E-state index in [0.717, 1.165) is 0 Å². The molecule has 7 heteroatoms. The lowest BCUT2D eigenvalue weighted by Crippen LogP contribution is -2.21. The summed E-state index contributed by atoms with van der Waals surface area (Å²) in [5.41, 5.74) is 13.2. The van der Waals surface area contributed by atoms with Gasteiger partial charge in [0.2, 0.25) is 0 Å². The lowest BCUT2D eigenvalue weighted by atomic mass is 10.6. The Labute approximate surface area is 83.4 Å². The first-order valence-electron chi connectivity index (χ1n) is 3.73. The average Bonchev–Trinajstić information content (AvgIpc) is 2.02. The van der Waals surface area contributed by atoms with Crippen LogP contribution in [-0.4, -0.2) is 32.6 Å². The van der Waals surface area contributed by atoms with E-state index >= 15 is 0 Å². The monoisotopic (exact) mass is 210 g/mol. The van der Waals surface area contributed by atoms with Crippen molar-refractivity contribution in [3.8, 4) is 0 Å². The number of nitrogens with zero attached hydrogens (tertiary/aromatic N) is 3. The maximum Gasteiger partial charge on any atom is 0.102 e. The summed E-state index contributed by atoms with van der Waals surface area (Å²) < 4.78 is 10.0. The van der Waals surface area contributed by atoms with Gasteiger partial charge in [-0.2, -0.15) is 0 Å². The van der Waals surface area contributed by atoms with Crippen molar-refractivity contribution in [2.45, 2.75) is 13.2 Å². The van der Waals surface area contributed by atoms with Gasteiger partial charge in [-0.1, -0.05) is 5.11 Å². The van der Waals surface area contributed by atoms with Gasteiger partial charge in [0.05, 0.1) is 19.8 Å². The summed E-state index contributed by atoms with van der Waals surface area (Å²) in [6, 6.07) is 0. The molecule has 1 atom stereocenters. The highest BCUT2D eigenvalue weighted by atomic mass is 35.5. The molecule has 0 spiro atoms. The zero-order chi connectivity index (χ0) is 9.23. The predicted molar refractivity (Wildman–Crippen MR) is 51.7 cm³/mol. The highest BCUT2D eigenvalue weighted by Gasteiger charge is 1.92. The molecular weight excluding hydrogens is 196 g/mol. The summed E-state index contributed by atoms with van der Waals surface area (Å²) in [6.45, 7) is 3.47. The number of ether oxygens (including phenoxy) is 2. The van der Waals surface area contributed by atoms with Crippen LogP contribution in [0, 0.1) is 0 Å². The van der Waals surface area contributed by atoms with Crippen LogP contribution in [0.5, 0.6) is 0 Å². The van der Waals surface area contributed by atoms with Gasteiger partial charge in [-0.3, -0.25) is 0 Å². The number of nitrogens with two attached hydrogens (primary N) is 1. The molecule has 0 saturated heterocycles. The van der Waals surface area contributed by atoms with E-state index < -0.39 is 0 Å². The van der Waals surface area contributed by atoms with E-state index in [0.29, 0.717) is 26.4 Å². The Morgan fingerprint density at radius 2 is 2.15 bits per heavy atom. The van der Waals surface area contributed by atoms with E-state index in [2.05, 4.69) is 10.0 Å². The number of rotatable bonds is 7. The van der Waals surface area contributed by atoms with Crippen LogP contribution in [0.1, 0.15) is 6.92 Å². The van der Waals surface area contributed by atoms with Crippen molar-refractivity contribution in [2.24, 2.45) is 10.8 Å². The minimum atomic E-state index is -0.259. The number of hydrogen-bond donors (Lipinski definition) is 1. The third kappa shape index (κ3) is 14.3. The molecule has 0 saturated carbocycles. The van der Waals surface area contributed by atoms with Crippen molar-refractivity contribution in [3.05, 3.63) is 10.4 Å². The van der Waals surface area contributed by atoms with Crippen LogP contribution in [0.25, 0.3) is 10.4 Å². The predicted octanol–water partition coefficient (Wildman–Crippen LogP) is 1.06. The fourth-order valence-corrected chi connectivity index (χ4v) is 0.545. The molecule has 0 aliphatic heterocycles. The van der Waals surface area contributed by atoms with Crippen LogP contribution in [0.4, 0.5) is 0 Å². The molecule has 0 aliphatic rings. The first-order chi connectivity index (χ1) is 5.77. The van der Waals surface area contributed by atoms with Gasteiger partial charge in [-0.25, -0.2) is 0 Å². The van der Waals surface area contributed by atoms with Crippen LogP contribution in [-0.2, 0) is 9.47 Å². The van der Waals surface area contributed by atoms with Gasteiger partial charge in [0.25, 0.3) is 0 Å². The molecule has 0 aromatic rings. The maximum atomic E-state index is 7.90. The third-order valence-corrected chi connectivity index (χ3v) is 1.01. The summed E-state index contributed by atoms with van der Waals surface area (Å²) in [5, 5.41) is 3.29. The summed E-state index contributed by atoms with van der Waals surface area (Å²) in [7, 11) is 0. The SMILES string of the molecule is CC(N)OCCOCCN=[N+]=[N-].Cl. The second-order valence-corrected chi connectivity index (χ2v) is 2.14. The molecule has 0 aromatic heterocycles. The molecule has 0 amide bonds. The van der Waals surface area contributed by atoms with Crippen LogP contribution in [0.3, 0.4) is 0 Å². The largest absolute Gasteiger partial charge is 0.379 e. The lowest BCUT2D eigenvalue weighted by Gasteiger charge is -2.06. The van der Waals surface area contributed by atoms with E-state index in [1.807, 2.05) is 0 Å². The Balaban J connectivity index is 0. The number of azide groups is 1. The highest BCUT2D eigenvalue weighted by Crippen LogP contribution is 1.82. The molecule has 78 valence electrons. The minimum Gasteiger partial charge on any atom is -0.379 e. The van der Waals surface area contributed by atoms with E-state index in [1.165, 1.54) is 0 Å². The molecule has 0 aliphatic carbocycles. The van der Waals surface area contributed by atoms with Gasteiger partial charge in [0.15, 0.2) is 0 Å². The molecule has 0 bridgehead atoms. The van der Waals surface area contributed by atoms with Gasteiger partial charge in [-0.15, -0.1) is 12.4 Å². The standard InChI is InChI=1S/C6H14N4O2.ClH/c1-6(7)12-5-4-11-3-2-9-10-8;/h6H,2-5,7H2,1H3;1H. The molecule has 0 rings (SSSR count). The second-order valence-electron chi connectivity index (χ2n) is 2.14. The molecule has 0 aromatic carbocycles. The summed E-state index contributed by atoms with van der Waals surface area (Å²) >= 11 is 0. The summed E-state index contributed by atoms with van der Waals surface area (Å²) in [6.07, 6.45) is -0.259. The first kappa shape index (κ1) is 15.0. The fourth-order valence-electron chi connectivity index (χ4n) is 0.545. The third-order valence-electron chi connectivity index (χ3n) is 1.01. The van der Waals surface area contributed by atoms with Crippen molar-refractivity contribution >= 4 is 12.4 Å². The molecule has 0 heterocycles. The zero-order valence-electron chi connectivity index (χ0n) is 7.55. The Kier molecular flexibility index (Phi) is 13.2. The summed E-state index contributed by atoms with van der Waals surface area (Å²) in [5.74, 6) is 0. The van der Waals surface area contributed by atoms with Crippen molar-refractivity contribution in [1.29, 1.82) is 0 Å². The van der Waals surface area contributed by atoms with E-state index in [1.54, 1.807) is 6.92 Å². The minimum absolute atomic E-state index is 0. The van der Waals surface area contributed by atoms with Crippen LogP contribution in [0.2, 0.25) is 0 Å². The quantitative estimate of drug-likeness (QED) is 0.224. The average molecular weight is 211 g/mol. The first-order valence-corrected chi connectivity index (χ1v) is 3.73. The van der Waals surface area contributed by atoms with Gasteiger partial charge >= 0.3 is 0 Å². The molecule has 6 nitrogen and oxygen atoms in total. The highest BCUT2D eigenvalue weighted by molar-refractivity contribution is 5.85. The van der Waals surface area contributed by atoms with Crippen molar-refractivity contribution in [3.63, 3.8) is 0 Å².